The first-order chi connectivity index (χ1) is 14.3. The first-order valence-electron chi connectivity index (χ1n) is 9.72. The number of hydrogen-bond donors (Lipinski definition) is 1. The van der Waals surface area contributed by atoms with Crippen LogP contribution in [0.5, 0.6) is 0 Å². The molecule has 8 heteroatoms. The zero-order valence-corrected chi connectivity index (χ0v) is 16.8. The van der Waals surface area contributed by atoms with Gasteiger partial charge in [0, 0.05) is 37.1 Å². The van der Waals surface area contributed by atoms with E-state index in [1.165, 1.54) is 11.1 Å². The van der Waals surface area contributed by atoms with Gasteiger partial charge in [0.1, 0.15) is 5.82 Å². The Labute approximate surface area is 173 Å². The van der Waals surface area contributed by atoms with Crippen LogP contribution in [0.4, 0.5) is 5.82 Å². The molecule has 7 nitrogen and oxygen atoms in total. The van der Waals surface area contributed by atoms with Crippen molar-refractivity contribution < 1.29 is 4.74 Å². The molecule has 148 valence electrons. The normalized spacial score (nSPS) is 15.0. The molecule has 0 spiro atoms. The van der Waals surface area contributed by atoms with Crippen molar-refractivity contribution in [3.8, 4) is 11.4 Å². The van der Waals surface area contributed by atoms with E-state index in [0.717, 1.165) is 55.7 Å². The van der Waals surface area contributed by atoms with E-state index in [9.17, 15) is 0 Å². The summed E-state index contributed by atoms with van der Waals surface area (Å²) in [7, 11) is 0. The van der Waals surface area contributed by atoms with Crippen molar-refractivity contribution in [2.24, 2.45) is 0 Å². The lowest BCUT2D eigenvalue weighted by Gasteiger charge is -2.26. The first kappa shape index (κ1) is 18.2. The second-order valence-electron chi connectivity index (χ2n) is 7.09. The Morgan fingerprint density at radius 3 is 2.79 bits per heavy atom. The van der Waals surface area contributed by atoms with Crippen LogP contribution in [0.3, 0.4) is 0 Å². The van der Waals surface area contributed by atoms with Gasteiger partial charge in [-0.1, -0.05) is 24.3 Å². The van der Waals surface area contributed by atoms with Gasteiger partial charge < -0.3 is 10.1 Å². The Kier molecular flexibility index (Phi) is 5.21. The van der Waals surface area contributed by atoms with E-state index in [-0.39, 0.29) is 0 Å². The van der Waals surface area contributed by atoms with Crippen molar-refractivity contribution in [1.82, 2.24) is 24.7 Å². The SMILES string of the molecule is c1cc(CNc2ccc3nnc(-c4ccsc4)n3n2)cc(CN2CCOCC2)c1. The summed E-state index contributed by atoms with van der Waals surface area (Å²) in [5.41, 5.74) is 4.33. The van der Waals surface area contributed by atoms with Crippen LogP contribution in [-0.4, -0.2) is 51.0 Å². The highest BCUT2D eigenvalue weighted by Gasteiger charge is 2.12. The van der Waals surface area contributed by atoms with E-state index in [1.807, 2.05) is 23.6 Å². The third kappa shape index (κ3) is 4.14. The van der Waals surface area contributed by atoms with Gasteiger partial charge >= 0.3 is 0 Å². The molecule has 0 amide bonds. The van der Waals surface area contributed by atoms with Crippen LogP contribution in [0, 0.1) is 0 Å². The molecule has 4 aromatic rings. The number of aromatic nitrogens is 4. The van der Waals surface area contributed by atoms with Crippen molar-refractivity contribution >= 4 is 22.8 Å². The van der Waals surface area contributed by atoms with Gasteiger partial charge in [0.15, 0.2) is 11.5 Å². The second kappa shape index (κ2) is 8.28. The topological polar surface area (TPSA) is 67.6 Å². The van der Waals surface area contributed by atoms with E-state index < -0.39 is 0 Å². The summed E-state index contributed by atoms with van der Waals surface area (Å²) in [6, 6.07) is 14.6. The predicted molar refractivity (Wildman–Crippen MR) is 114 cm³/mol. The Morgan fingerprint density at radius 2 is 1.93 bits per heavy atom. The molecule has 1 fully saturated rings. The second-order valence-corrected chi connectivity index (χ2v) is 7.87. The van der Waals surface area contributed by atoms with Crippen molar-refractivity contribution in [3.05, 3.63) is 64.4 Å². The molecule has 0 atom stereocenters. The zero-order chi connectivity index (χ0) is 19.5. The maximum Gasteiger partial charge on any atom is 0.186 e. The summed E-state index contributed by atoms with van der Waals surface area (Å²) >= 11 is 1.64. The molecular weight excluding hydrogens is 384 g/mol. The van der Waals surface area contributed by atoms with E-state index in [4.69, 9.17) is 4.74 Å². The monoisotopic (exact) mass is 406 g/mol. The largest absolute Gasteiger partial charge is 0.379 e. The van der Waals surface area contributed by atoms with Gasteiger partial charge in [0.05, 0.1) is 13.2 Å². The van der Waals surface area contributed by atoms with Crippen molar-refractivity contribution in [1.29, 1.82) is 0 Å². The first-order valence-corrected chi connectivity index (χ1v) is 10.7. The summed E-state index contributed by atoms with van der Waals surface area (Å²) < 4.78 is 7.23. The van der Waals surface area contributed by atoms with Gasteiger partial charge in [-0.3, -0.25) is 4.90 Å². The smallest absolute Gasteiger partial charge is 0.186 e. The highest BCUT2D eigenvalue weighted by Crippen LogP contribution is 2.21. The molecule has 1 aliphatic heterocycles. The van der Waals surface area contributed by atoms with Crippen LogP contribution in [0.1, 0.15) is 11.1 Å². The molecular formula is C21H22N6OS. The summed E-state index contributed by atoms with van der Waals surface area (Å²) in [5.74, 6) is 1.56. The lowest BCUT2D eigenvalue weighted by Crippen LogP contribution is -2.35. The van der Waals surface area contributed by atoms with Crippen molar-refractivity contribution in [2.75, 3.05) is 31.6 Å². The number of hydrogen-bond acceptors (Lipinski definition) is 7. The number of morpholine rings is 1. The van der Waals surface area contributed by atoms with Gasteiger partial charge in [-0.2, -0.15) is 15.9 Å². The third-order valence-corrected chi connectivity index (χ3v) is 5.70. The van der Waals surface area contributed by atoms with Gasteiger partial charge in [-0.05, 0) is 34.7 Å². The number of ether oxygens (including phenoxy) is 1. The van der Waals surface area contributed by atoms with Crippen LogP contribution in [0.2, 0.25) is 0 Å². The summed E-state index contributed by atoms with van der Waals surface area (Å²) in [5, 5.41) is 20.7. The van der Waals surface area contributed by atoms with E-state index in [1.54, 1.807) is 15.9 Å². The Bertz CT molecular complexity index is 1090. The highest BCUT2D eigenvalue weighted by atomic mass is 32.1. The minimum absolute atomic E-state index is 0.714. The standard InChI is InChI=1S/C21H22N6OS/c1-2-16(12-17(3-1)14-26-7-9-28-10-8-26)13-22-19-4-5-20-23-24-21(27(20)25-19)18-6-11-29-15-18/h1-6,11-12,15H,7-10,13-14H2,(H,22,25). The van der Waals surface area contributed by atoms with Crippen LogP contribution >= 0.6 is 11.3 Å². The lowest BCUT2D eigenvalue weighted by atomic mass is 10.1. The Balaban J connectivity index is 1.29. The quantitative estimate of drug-likeness (QED) is 0.530. The molecule has 0 bridgehead atoms. The van der Waals surface area contributed by atoms with Crippen LogP contribution in [-0.2, 0) is 17.8 Å². The van der Waals surface area contributed by atoms with Gasteiger partial charge in [0.2, 0.25) is 0 Å². The van der Waals surface area contributed by atoms with Crippen LogP contribution in [0.25, 0.3) is 17.0 Å². The number of fused-ring (bicyclic) bond motifs is 1. The number of nitrogens with one attached hydrogen (secondary N) is 1. The zero-order valence-electron chi connectivity index (χ0n) is 16.0. The molecule has 3 aromatic heterocycles. The molecule has 1 N–H and O–H groups in total. The molecule has 0 saturated carbocycles. The molecule has 0 aliphatic carbocycles. The molecule has 4 heterocycles. The van der Waals surface area contributed by atoms with E-state index >= 15 is 0 Å². The van der Waals surface area contributed by atoms with Crippen LogP contribution in [0.15, 0.2) is 53.2 Å². The average Bonchev–Trinajstić information content (AvgIpc) is 3.42. The van der Waals surface area contributed by atoms with E-state index in [2.05, 4.69) is 55.2 Å². The minimum atomic E-state index is 0.714. The molecule has 0 radical (unpaired) electrons. The summed E-state index contributed by atoms with van der Waals surface area (Å²) in [6.45, 7) is 5.32. The number of benzene rings is 1. The number of thiophene rings is 1. The van der Waals surface area contributed by atoms with Crippen molar-refractivity contribution in [2.45, 2.75) is 13.1 Å². The number of nitrogens with zero attached hydrogens (tertiary/aromatic N) is 5. The molecule has 1 aliphatic rings. The van der Waals surface area contributed by atoms with Gasteiger partial charge in [-0.15, -0.1) is 15.3 Å². The highest BCUT2D eigenvalue weighted by molar-refractivity contribution is 7.08. The number of anilines is 1. The fraction of sp³-hybridized carbons (Fsp3) is 0.286. The van der Waals surface area contributed by atoms with E-state index in [0.29, 0.717) is 6.54 Å². The molecule has 1 aromatic carbocycles. The average molecular weight is 407 g/mol. The third-order valence-electron chi connectivity index (χ3n) is 5.02. The summed E-state index contributed by atoms with van der Waals surface area (Å²) in [6.07, 6.45) is 0. The van der Waals surface area contributed by atoms with Crippen molar-refractivity contribution in [3.63, 3.8) is 0 Å². The van der Waals surface area contributed by atoms with Gasteiger partial charge in [0.25, 0.3) is 0 Å². The fourth-order valence-corrected chi connectivity index (χ4v) is 4.14. The number of rotatable bonds is 6. The predicted octanol–water partition coefficient (Wildman–Crippen LogP) is 3.30. The fourth-order valence-electron chi connectivity index (χ4n) is 3.50. The molecule has 0 unspecified atom stereocenters. The molecule has 29 heavy (non-hydrogen) atoms. The molecule has 5 rings (SSSR count). The lowest BCUT2D eigenvalue weighted by molar-refractivity contribution is 0.0342. The molecule has 1 saturated heterocycles. The van der Waals surface area contributed by atoms with Crippen LogP contribution < -0.4 is 5.32 Å². The minimum Gasteiger partial charge on any atom is -0.379 e. The summed E-state index contributed by atoms with van der Waals surface area (Å²) in [4.78, 5) is 2.43. The maximum atomic E-state index is 5.44. The maximum absolute atomic E-state index is 5.44. The Morgan fingerprint density at radius 1 is 1.03 bits per heavy atom. The van der Waals surface area contributed by atoms with Gasteiger partial charge in [-0.25, -0.2) is 0 Å². The Hall–Kier alpha value is -2.81.